The Morgan fingerprint density at radius 2 is 1.95 bits per heavy atom. The van der Waals surface area contributed by atoms with E-state index in [2.05, 4.69) is 15.0 Å². The molecule has 0 aliphatic carbocycles. The molecule has 0 atom stereocenters. The largest absolute Gasteiger partial charge is 0.486 e. The van der Waals surface area contributed by atoms with E-state index in [4.69, 9.17) is 4.74 Å². The number of halogens is 4. The smallest absolute Gasteiger partial charge is 0.421 e. The van der Waals surface area contributed by atoms with Gasteiger partial charge in [0.25, 0.3) is 5.56 Å². The maximum atomic E-state index is 14.9. The van der Waals surface area contributed by atoms with Gasteiger partial charge in [-0.1, -0.05) is 18.2 Å². The molecule has 0 unspecified atom stereocenters. The SMILES string of the molecule is CC=C(C)C(=NC)c1cc(C)nc2c(OCc3c(F)cncc3Cn3cccc(C(F)(F)F)c3=O)cccc12. The summed E-state index contributed by atoms with van der Waals surface area (Å²) in [5.74, 6) is -0.314. The quantitative estimate of drug-likeness (QED) is 0.205. The molecule has 0 saturated carbocycles. The monoisotopic (exact) mass is 538 g/mol. The van der Waals surface area contributed by atoms with Gasteiger partial charge in [-0.2, -0.15) is 13.2 Å². The summed E-state index contributed by atoms with van der Waals surface area (Å²) in [7, 11) is 1.72. The molecular formula is C29H26F4N4O2. The molecule has 0 fully saturated rings. The average Bonchev–Trinajstić information content (AvgIpc) is 2.89. The van der Waals surface area contributed by atoms with E-state index in [-0.39, 0.29) is 24.3 Å². The first-order valence-corrected chi connectivity index (χ1v) is 12.1. The normalized spacial score (nSPS) is 12.7. The zero-order chi connectivity index (χ0) is 28.3. The van der Waals surface area contributed by atoms with Gasteiger partial charge in [0.1, 0.15) is 29.3 Å². The highest BCUT2D eigenvalue weighted by atomic mass is 19.4. The van der Waals surface area contributed by atoms with E-state index in [9.17, 15) is 22.4 Å². The number of para-hydroxylation sites is 1. The molecule has 0 saturated heterocycles. The van der Waals surface area contributed by atoms with Gasteiger partial charge in [0.05, 0.1) is 18.5 Å². The molecule has 0 radical (unpaired) electrons. The molecule has 0 spiro atoms. The van der Waals surface area contributed by atoms with E-state index < -0.39 is 23.1 Å². The van der Waals surface area contributed by atoms with Gasteiger partial charge in [0.2, 0.25) is 0 Å². The number of alkyl halides is 3. The van der Waals surface area contributed by atoms with Crippen LogP contribution >= 0.6 is 0 Å². The number of ether oxygens (including phenoxy) is 1. The van der Waals surface area contributed by atoms with Crippen LogP contribution in [0.4, 0.5) is 17.6 Å². The molecule has 39 heavy (non-hydrogen) atoms. The first-order valence-electron chi connectivity index (χ1n) is 12.1. The summed E-state index contributed by atoms with van der Waals surface area (Å²) >= 11 is 0. The van der Waals surface area contributed by atoms with Gasteiger partial charge >= 0.3 is 6.18 Å². The Labute approximate surface area is 222 Å². The van der Waals surface area contributed by atoms with Crippen molar-refractivity contribution < 1.29 is 22.3 Å². The summed E-state index contributed by atoms with van der Waals surface area (Å²) in [5.41, 5.74) is 1.71. The molecule has 0 N–H and O–H groups in total. The molecule has 3 aromatic heterocycles. The van der Waals surface area contributed by atoms with Gasteiger partial charge < -0.3 is 9.30 Å². The second-order valence-corrected chi connectivity index (χ2v) is 8.91. The molecule has 1 aromatic carbocycles. The van der Waals surface area contributed by atoms with E-state index >= 15 is 0 Å². The van der Waals surface area contributed by atoms with Crippen molar-refractivity contribution in [3.8, 4) is 5.75 Å². The molecule has 4 rings (SSSR count). The van der Waals surface area contributed by atoms with Gasteiger partial charge in [-0.3, -0.25) is 14.8 Å². The number of fused-ring (bicyclic) bond motifs is 1. The lowest BCUT2D eigenvalue weighted by atomic mass is 9.98. The van der Waals surface area contributed by atoms with Gasteiger partial charge in [0, 0.05) is 41.6 Å². The van der Waals surface area contributed by atoms with E-state index in [1.807, 2.05) is 39.0 Å². The van der Waals surface area contributed by atoms with E-state index in [1.54, 1.807) is 19.2 Å². The van der Waals surface area contributed by atoms with Crippen molar-refractivity contribution in [2.75, 3.05) is 7.05 Å². The van der Waals surface area contributed by atoms with Crippen molar-refractivity contribution in [1.29, 1.82) is 0 Å². The van der Waals surface area contributed by atoms with Crippen molar-refractivity contribution in [1.82, 2.24) is 14.5 Å². The van der Waals surface area contributed by atoms with Crippen LogP contribution in [0.2, 0.25) is 0 Å². The van der Waals surface area contributed by atoms with Crippen molar-refractivity contribution in [3.05, 3.63) is 111 Å². The Hall–Kier alpha value is -4.34. The third-order valence-corrected chi connectivity index (χ3v) is 6.35. The van der Waals surface area contributed by atoms with Crippen LogP contribution in [0.1, 0.15) is 41.8 Å². The van der Waals surface area contributed by atoms with Crippen LogP contribution in [0.25, 0.3) is 10.9 Å². The minimum atomic E-state index is -4.81. The van der Waals surface area contributed by atoms with Crippen molar-refractivity contribution >= 4 is 16.6 Å². The molecule has 0 aliphatic heterocycles. The molecule has 0 bridgehead atoms. The predicted octanol–water partition coefficient (Wildman–Crippen LogP) is 6.27. The predicted molar refractivity (Wildman–Crippen MR) is 142 cm³/mol. The molecular weight excluding hydrogens is 512 g/mol. The Bertz CT molecular complexity index is 1660. The summed E-state index contributed by atoms with van der Waals surface area (Å²) in [6, 6.07) is 9.18. The fourth-order valence-corrected chi connectivity index (χ4v) is 4.32. The molecule has 6 nitrogen and oxygen atoms in total. The summed E-state index contributed by atoms with van der Waals surface area (Å²) in [6.07, 6.45) is 0.671. The Kier molecular flexibility index (Phi) is 7.94. The third-order valence-electron chi connectivity index (χ3n) is 6.35. The zero-order valence-electron chi connectivity index (χ0n) is 21.8. The fourth-order valence-electron chi connectivity index (χ4n) is 4.32. The number of rotatable bonds is 7. The fraction of sp³-hybridized carbons (Fsp3) is 0.241. The highest BCUT2D eigenvalue weighted by molar-refractivity contribution is 6.19. The minimum absolute atomic E-state index is 0.0692. The molecule has 10 heteroatoms. The standard InChI is InChI=1S/C29H26F4N4O2/c1-5-17(2)26(34-4)21-12-18(3)36-27-20(21)8-6-10-25(27)39-16-22-19(13-35-14-24(22)30)15-37-11-7-9-23(28(37)38)29(31,32)33/h5-14H,15-16H2,1-4H3. The number of benzene rings is 1. The van der Waals surface area contributed by atoms with Crippen LogP contribution in [-0.4, -0.2) is 27.3 Å². The Morgan fingerprint density at radius 1 is 1.18 bits per heavy atom. The van der Waals surface area contributed by atoms with Crippen LogP contribution in [0, 0.1) is 12.7 Å². The first kappa shape index (κ1) is 27.7. The van der Waals surface area contributed by atoms with Crippen LogP contribution in [-0.2, 0) is 19.3 Å². The molecule has 0 amide bonds. The number of hydrogen-bond acceptors (Lipinski definition) is 5. The maximum Gasteiger partial charge on any atom is 0.421 e. The van der Waals surface area contributed by atoms with Gasteiger partial charge in [0.15, 0.2) is 0 Å². The van der Waals surface area contributed by atoms with Crippen molar-refractivity contribution in [3.63, 3.8) is 0 Å². The molecule has 202 valence electrons. The van der Waals surface area contributed by atoms with Crippen molar-refractivity contribution in [2.45, 2.75) is 40.1 Å². The molecule has 4 aromatic rings. The van der Waals surface area contributed by atoms with E-state index in [0.29, 0.717) is 17.3 Å². The van der Waals surface area contributed by atoms with Gasteiger partial charge in [-0.05, 0) is 56.2 Å². The summed E-state index contributed by atoms with van der Waals surface area (Å²) in [6.45, 7) is 5.17. The highest BCUT2D eigenvalue weighted by Crippen LogP contribution is 2.30. The number of hydrogen-bond donors (Lipinski definition) is 0. The second-order valence-electron chi connectivity index (χ2n) is 8.91. The average molecular weight is 539 g/mol. The minimum Gasteiger partial charge on any atom is -0.486 e. The number of pyridine rings is 3. The third kappa shape index (κ3) is 5.74. The lowest BCUT2D eigenvalue weighted by Crippen LogP contribution is -2.28. The summed E-state index contributed by atoms with van der Waals surface area (Å²) in [5, 5.41) is 0.797. The number of aliphatic imine (C=N–C) groups is 1. The second kappa shape index (κ2) is 11.2. The molecule has 0 aliphatic rings. The van der Waals surface area contributed by atoms with Gasteiger partial charge in [-0.15, -0.1) is 0 Å². The first-order chi connectivity index (χ1) is 18.5. The molecule has 3 heterocycles. The highest BCUT2D eigenvalue weighted by Gasteiger charge is 2.34. The van der Waals surface area contributed by atoms with Gasteiger partial charge in [-0.25, -0.2) is 9.37 Å². The Morgan fingerprint density at radius 3 is 2.64 bits per heavy atom. The maximum absolute atomic E-state index is 14.9. The summed E-state index contributed by atoms with van der Waals surface area (Å²) in [4.78, 5) is 25.4. The van der Waals surface area contributed by atoms with Crippen LogP contribution in [0.5, 0.6) is 5.75 Å². The number of aromatic nitrogens is 3. The van der Waals surface area contributed by atoms with Crippen LogP contribution in [0.15, 0.2) is 76.4 Å². The number of aryl methyl sites for hydroxylation is 1. The lowest BCUT2D eigenvalue weighted by Gasteiger charge is -2.16. The summed E-state index contributed by atoms with van der Waals surface area (Å²) < 4.78 is 61.5. The number of nitrogens with zero attached hydrogens (tertiary/aromatic N) is 4. The van der Waals surface area contributed by atoms with E-state index in [0.717, 1.165) is 44.8 Å². The van der Waals surface area contributed by atoms with Crippen molar-refractivity contribution in [2.24, 2.45) is 4.99 Å². The number of allylic oxidation sites excluding steroid dienone is 2. The van der Waals surface area contributed by atoms with E-state index in [1.165, 1.54) is 12.4 Å². The zero-order valence-corrected chi connectivity index (χ0v) is 21.8. The lowest BCUT2D eigenvalue weighted by molar-refractivity contribution is -0.138. The topological polar surface area (TPSA) is 69.4 Å². The van der Waals surface area contributed by atoms with Crippen LogP contribution < -0.4 is 10.3 Å². The Balaban J connectivity index is 1.72. The van der Waals surface area contributed by atoms with Crippen LogP contribution in [0.3, 0.4) is 0 Å².